The molecule has 0 atom stereocenters. The van der Waals surface area contributed by atoms with E-state index < -0.39 is 0 Å². The van der Waals surface area contributed by atoms with Crippen molar-refractivity contribution in [3.05, 3.63) is 47.9 Å². The van der Waals surface area contributed by atoms with Crippen LogP contribution >= 0.6 is 0 Å². The van der Waals surface area contributed by atoms with Crippen LogP contribution in [0.3, 0.4) is 0 Å². The van der Waals surface area contributed by atoms with Gasteiger partial charge in [-0.05, 0) is 32.4 Å². The second-order valence-corrected chi connectivity index (χ2v) is 8.33. The second-order valence-electron chi connectivity index (χ2n) is 8.33. The highest BCUT2D eigenvalue weighted by molar-refractivity contribution is 5.94. The molecule has 1 amide bonds. The zero-order valence-corrected chi connectivity index (χ0v) is 20.0. The molecule has 0 unspecified atom stereocenters. The molecule has 10 heteroatoms. The molecule has 3 heterocycles. The molecule has 4 rings (SSSR count). The van der Waals surface area contributed by atoms with E-state index in [9.17, 15) is 9.59 Å². The molecule has 10 nitrogen and oxygen atoms in total. The Bertz CT molecular complexity index is 1140. The molecular weight excluding hydrogens is 434 g/mol. The van der Waals surface area contributed by atoms with Gasteiger partial charge >= 0.3 is 5.97 Å². The fourth-order valence-corrected chi connectivity index (χ4v) is 4.26. The maximum Gasteiger partial charge on any atom is 0.306 e. The highest BCUT2D eigenvalue weighted by Crippen LogP contribution is 2.26. The van der Waals surface area contributed by atoms with Gasteiger partial charge in [0.1, 0.15) is 12.1 Å². The number of hydrogen-bond donors (Lipinski definition) is 0. The van der Waals surface area contributed by atoms with E-state index in [1.807, 2.05) is 44.3 Å². The molecule has 0 radical (unpaired) electrons. The summed E-state index contributed by atoms with van der Waals surface area (Å²) in [7, 11) is 1.81. The third kappa shape index (κ3) is 5.17. The van der Waals surface area contributed by atoms with Crippen LogP contribution in [0.15, 0.2) is 36.7 Å². The largest absolute Gasteiger partial charge is 0.466 e. The van der Waals surface area contributed by atoms with Gasteiger partial charge in [0.05, 0.1) is 13.2 Å². The number of hydrogen-bond acceptors (Lipinski definition) is 8. The van der Waals surface area contributed by atoms with Crippen LogP contribution in [0.5, 0.6) is 0 Å². The molecule has 3 aromatic rings. The standard InChI is InChI=1S/C24H31N7O3/c1-4-34-22(33)11-10-20-18(2)27-24-25-17-26-31(24)23(20)30-14-12-29(13-15-30)16-21(32)28(3)19-8-6-5-7-9-19/h5-9,17H,4,10-16H2,1-3H3. The number of anilines is 2. The molecule has 2 aromatic heterocycles. The number of amides is 1. The number of esters is 1. The number of benzene rings is 1. The summed E-state index contributed by atoms with van der Waals surface area (Å²) in [6.45, 7) is 7.41. The first-order chi connectivity index (χ1) is 16.5. The molecule has 180 valence electrons. The number of rotatable bonds is 8. The Balaban J connectivity index is 1.46. The molecule has 1 fully saturated rings. The normalized spacial score (nSPS) is 14.4. The second kappa shape index (κ2) is 10.6. The number of fused-ring (bicyclic) bond motifs is 1. The summed E-state index contributed by atoms with van der Waals surface area (Å²) in [4.78, 5) is 39.7. The molecule has 1 aliphatic heterocycles. The zero-order valence-electron chi connectivity index (χ0n) is 20.0. The minimum Gasteiger partial charge on any atom is -0.466 e. The average Bonchev–Trinajstić information content (AvgIpc) is 3.31. The van der Waals surface area contributed by atoms with Gasteiger partial charge in [-0.25, -0.2) is 4.98 Å². The fraction of sp³-hybridized carbons (Fsp3) is 0.458. The lowest BCUT2D eigenvalue weighted by atomic mass is 10.1. The van der Waals surface area contributed by atoms with Gasteiger partial charge in [0.2, 0.25) is 5.91 Å². The molecular formula is C24H31N7O3. The Labute approximate surface area is 199 Å². The van der Waals surface area contributed by atoms with Gasteiger partial charge in [0.15, 0.2) is 0 Å². The van der Waals surface area contributed by atoms with E-state index in [1.165, 1.54) is 6.33 Å². The summed E-state index contributed by atoms with van der Waals surface area (Å²) >= 11 is 0. The Kier molecular flexibility index (Phi) is 7.36. The first-order valence-corrected chi connectivity index (χ1v) is 11.6. The van der Waals surface area contributed by atoms with Crippen LogP contribution < -0.4 is 9.80 Å². The monoisotopic (exact) mass is 465 g/mol. The van der Waals surface area contributed by atoms with Gasteiger partial charge in [0, 0.05) is 56.6 Å². The van der Waals surface area contributed by atoms with Crippen LogP contribution in [0.4, 0.5) is 11.5 Å². The summed E-state index contributed by atoms with van der Waals surface area (Å²) in [5.74, 6) is 1.29. The van der Waals surface area contributed by atoms with Crippen LogP contribution in [0, 0.1) is 6.92 Å². The smallest absolute Gasteiger partial charge is 0.306 e. The molecule has 0 saturated carbocycles. The molecule has 34 heavy (non-hydrogen) atoms. The Hall–Kier alpha value is -3.53. The Morgan fingerprint density at radius 3 is 2.56 bits per heavy atom. The summed E-state index contributed by atoms with van der Waals surface area (Å²) in [6, 6.07) is 9.67. The molecule has 1 aliphatic rings. The average molecular weight is 466 g/mol. The highest BCUT2D eigenvalue weighted by atomic mass is 16.5. The zero-order chi connectivity index (χ0) is 24.1. The number of aryl methyl sites for hydroxylation is 1. The highest BCUT2D eigenvalue weighted by Gasteiger charge is 2.26. The topological polar surface area (TPSA) is 96.2 Å². The van der Waals surface area contributed by atoms with Gasteiger partial charge in [-0.2, -0.15) is 14.6 Å². The minimum atomic E-state index is -0.225. The minimum absolute atomic E-state index is 0.0631. The fourth-order valence-electron chi connectivity index (χ4n) is 4.26. The molecule has 1 saturated heterocycles. The molecule has 0 aliphatic carbocycles. The number of carbonyl (C=O) groups is 2. The lowest BCUT2D eigenvalue weighted by molar-refractivity contribution is -0.143. The summed E-state index contributed by atoms with van der Waals surface area (Å²) < 4.78 is 6.86. The van der Waals surface area contributed by atoms with Crippen molar-refractivity contribution in [3.8, 4) is 0 Å². The lowest BCUT2D eigenvalue weighted by Crippen LogP contribution is -2.50. The maximum absolute atomic E-state index is 12.8. The van der Waals surface area contributed by atoms with Crippen molar-refractivity contribution in [2.24, 2.45) is 0 Å². The predicted octanol–water partition coefficient (Wildman–Crippen LogP) is 1.71. The third-order valence-electron chi connectivity index (χ3n) is 6.14. The first kappa shape index (κ1) is 23.6. The van der Waals surface area contributed by atoms with Gasteiger partial charge in [-0.3, -0.25) is 14.5 Å². The molecule has 1 aromatic carbocycles. The quantitative estimate of drug-likeness (QED) is 0.464. The van der Waals surface area contributed by atoms with E-state index in [2.05, 4.69) is 24.9 Å². The Morgan fingerprint density at radius 1 is 1.12 bits per heavy atom. The Morgan fingerprint density at radius 2 is 1.85 bits per heavy atom. The van der Waals surface area contributed by atoms with E-state index in [0.29, 0.717) is 25.4 Å². The van der Waals surface area contributed by atoms with Crippen LogP contribution in [0.25, 0.3) is 5.78 Å². The van der Waals surface area contributed by atoms with E-state index in [-0.39, 0.29) is 18.3 Å². The van der Waals surface area contributed by atoms with Crippen molar-refractivity contribution in [2.75, 3.05) is 56.2 Å². The van der Waals surface area contributed by atoms with Crippen molar-refractivity contribution in [1.29, 1.82) is 0 Å². The third-order valence-corrected chi connectivity index (χ3v) is 6.14. The summed E-state index contributed by atoms with van der Waals surface area (Å²) in [5, 5.41) is 4.39. The van der Waals surface area contributed by atoms with Crippen LogP contribution in [0.1, 0.15) is 24.6 Å². The van der Waals surface area contributed by atoms with Crippen LogP contribution in [0.2, 0.25) is 0 Å². The van der Waals surface area contributed by atoms with Crippen molar-refractivity contribution in [3.63, 3.8) is 0 Å². The van der Waals surface area contributed by atoms with Crippen molar-refractivity contribution >= 4 is 29.2 Å². The molecule has 0 spiro atoms. The van der Waals surface area contributed by atoms with Gasteiger partial charge in [-0.15, -0.1) is 0 Å². The first-order valence-electron chi connectivity index (χ1n) is 11.6. The van der Waals surface area contributed by atoms with Crippen molar-refractivity contribution in [1.82, 2.24) is 24.5 Å². The molecule has 0 bridgehead atoms. The van der Waals surface area contributed by atoms with E-state index in [0.717, 1.165) is 48.9 Å². The van der Waals surface area contributed by atoms with E-state index >= 15 is 0 Å². The van der Waals surface area contributed by atoms with E-state index in [1.54, 1.807) is 16.3 Å². The molecule has 0 N–H and O–H groups in total. The number of para-hydroxylation sites is 1. The lowest BCUT2D eigenvalue weighted by Gasteiger charge is -2.37. The van der Waals surface area contributed by atoms with Gasteiger partial charge in [-0.1, -0.05) is 18.2 Å². The summed E-state index contributed by atoms with van der Waals surface area (Å²) in [6.07, 6.45) is 2.29. The maximum atomic E-state index is 12.8. The number of aromatic nitrogens is 4. The van der Waals surface area contributed by atoms with Crippen molar-refractivity contribution < 1.29 is 14.3 Å². The SMILES string of the molecule is CCOC(=O)CCc1c(C)nc2ncnn2c1N1CCN(CC(=O)N(C)c2ccccc2)CC1. The number of carbonyl (C=O) groups excluding carboxylic acids is 2. The number of likely N-dealkylation sites (N-methyl/N-ethyl adjacent to an activating group) is 1. The summed E-state index contributed by atoms with van der Waals surface area (Å²) in [5.41, 5.74) is 2.69. The van der Waals surface area contributed by atoms with Crippen LogP contribution in [-0.2, 0) is 20.7 Å². The number of nitrogens with zero attached hydrogens (tertiary/aromatic N) is 7. The predicted molar refractivity (Wildman–Crippen MR) is 129 cm³/mol. The number of ether oxygens (including phenoxy) is 1. The van der Waals surface area contributed by atoms with Gasteiger partial charge < -0.3 is 14.5 Å². The van der Waals surface area contributed by atoms with E-state index in [4.69, 9.17) is 4.74 Å². The van der Waals surface area contributed by atoms with Crippen LogP contribution in [-0.4, -0.2) is 82.7 Å². The van der Waals surface area contributed by atoms with Gasteiger partial charge in [0.25, 0.3) is 5.78 Å². The number of piperazine rings is 1. The van der Waals surface area contributed by atoms with Crippen molar-refractivity contribution in [2.45, 2.75) is 26.7 Å².